The van der Waals surface area contributed by atoms with Crippen LogP contribution in [0.4, 0.5) is 0 Å². The summed E-state index contributed by atoms with van der Waals surface area (Å²) >= 11 is 0. The number of nitrogens with one attached hydrogen (secondary N) is 1. The van der Waals surface area contributed by atoms with E-state index in [2.05, 4.69) is 0 Å². The van der Waals surface area contributed by atoms with Gasteiger partial charge in [-0.25, -0.2) is 0 Å². The van der Waals surface area contributed by atoms with Crippen molar-refractivity contribution in [3.63, 3.8) is 0 Å². The fourth-order valence-electron chi connectivity index (χ4n) is 0. The molecule has 2 nitrogen and oxygen atoms in total. The molecule has 0 rings (SSSR count). The van der Waals surface area contributed by atoms with E-state index in [1.165, 1.54) is 0 Å². The Balaban J connectivity index is 0. The fourth-order valence-corrected chi connectivity index (χ4v) is 0. The van der Waals surface area contributed by atoms with Crippen LogP contribution in [0.15, 0.2) is 0 Å². The van der Waals surface area contributed by atoms with E-state index in [0.717, 1.165) is 0 Å². The minimum atomic E-state index is 0. The smallest absolute Gasteiger partial charge is 0.0902 e. The molecule has 0 aliphatic carbocycles. The van der Waals surface area contributed by atoms with E-state index in [9.17, 15) is 0 Å². The molecule has 0 spiro atoms. The molecule has 0 saturated heterocycles. The van der Waals surface area contributed by atoms with E-state index in [1.54, 1.807) is 0 Å². The summed E-state index contributed by atoms with van der Waals surface area (Å²) in [6.07, 6.45) is 0.667. The van der Waals surface area contributed by atoms with Crippen LogP contribution in [-0.4, -0.2) is 5.84 Å². The SMILES string of the molecule is C.CCC(=N)N. The lowest BCUT2D eigenvalue weighted by Crippen LogP contribution is -2.05. The first-order valence-corrected chi connectivity index (χ1v) is 1.60. The highest BCUT2D eigenvalue weighted by molar-refractivity contribution is 5.76. The van der Waals surface area contributed by atoms with Crippen LogP contribution in [0.5, 0.6) is 0 Å². The highest BCUT2D eigenvalue weighted by Crippen LogP contribution is 1.64. The number of amidine groups is 1. The normalized spacial score (nSPS) is 6.17. The van der Waals surface area contributed by atoms with Crippen LogP contribution >= 0.6 is 0 Å². The van der Waals surface area contributed by atoms with Gasteiger partial charge in [0, 0.05) is 6.42 Å². The Morgan fingerprint density at radius 1 is 1.83 bits per heavy atom. The summed E-state index contributed by atoms with van der Waals surface area (Å²) in [5.74, 6) is 0.255. The predicted octanol–water partition coefficient (Wildman–Crippen LogP) is 0.968. The molecule has 2 heteroatoms. The van der Waals surface area contributed by atoms with Gasteiger partial charge in [-0.3, -0.25) is 5.41 Å². The molecule has 38 valence electrons. The molecule has 3 N–H and O–H groups in total. The zero-order chi connectivity index (χ0) is 4.28. The molecule has 6 heavy (non-hydrogen) atoms. The molecule has 0 fully saturated rings. The monoisotopic (exact) mass is 88.1 g/mol. The minimum Gasteiger partial charge on any atom is -0.388 e. The number of nitrogens with two attached hydrogens (primary N) is 1. The zero-order valence-electron chi connectivity index (χ0n) is 3.28. The summed E-state index contributed by atoms with van der Waals surface area (Å²) in [7, 11) is 0. The minimum absolute atomic E-state index is 0. The Morgan fingerprint density at radius 3 is 2.00 bits per heavy atom. The third-order valence-electron chi connectivity index (χ3n) is 0.381. The third-order valence-corrected chi connectivity index (χ3v) is 0.381. The first-order valence-electron chi connectivity index (χ1n) is 1.60. The average Bonchev–Trinajstić information content (AvgIpc) is 1.38. The second kappa shape index (κ2) is 4.47. The summed E-state index contributed by atoms with van der Waals surface area (Å²) in [5, 5.41) is 6.52. The molecule has 0 amide bonds. The Bertz CT molecular complexity index is 40.8. The first kappa shape index (κ1) is 9.08. The zero-order valence-corrected chi connectivity index (χ0v) is 3.28. The maximum absolute atomic E-state index is 6.52. The summed E-state index contributed by atoms with van der Waals surface area (Å²) in [4.78, 5) is 0. The molecule has 0 heterocycles. The predicted molar refractivity (Wildman–Crippen MR) is 28.9 cm³/mol. The summed E-state index contributed by atoms with van der Waals surface area (Å²) < 4.78 is 0. The molecule has 0 atom stereocenters. The van der Waals surface area contributed by atoms with Crippen molar-refractivity contribution in [1.29, 1.82) is 5.41 Å². The van der Waals surface area contributed by atoms with Gasteiger partial charge in [0.1, 0.15) is 0 Å². The van der Waals surface area contributed by atoms with Crippen molar-refractivity contribution in [2.45, 2.75) is 20.8 Å². The maximum atomic E-state index is 6.52. The van der Waals surface area contributed by atoms with Crippen molar-refractivity contribution in [3.8, 4) is 0 Å². The van der Waals surface area contributed by atoms with Crippen molar-refractivity contribution < 1.29 is 0 Å². The van der Waals surface area contributed by atoms with Crippen molar-refractivity contribution in [2.24, 2.45) is 5.73 Å². The molecular formula is C4H12N2. The van der Waals surface area contributed by atoms with E-state index >= 15 is 0 Å². The van der Waals surface area contributed by atoms with Crippen molar-refractivity contribution in [3.05, 3.63) is 0 Å². The molecule has 0 saturated carbocycles. The van der Waals surface area contributed by atoms with E-state index < -0.39 is 0 Å². The lowest BCUT2D eigenvalue weighted by molar-refractivity contribution is 1.21. The van der Waals surface area contributed by atoms with Gasteiger partial charge in [0.05, 0.1) is 5.84 Å². The molecule has 0 bridgehead atoms. The highest BCUT2D eigenvalue weighted by Gasteiger charge is 1.70. The van der Waals surface area contributed by atoms with E-state index in [4.69, 9.17) is 11.1 Å². The fraction of sp³-hybridized carbons (Fsp3) is 0.750. The van der Waals surface area contributed by atoms with E-state index in [0.29, 0.717) is 6.42 Å². The van der Waals surface area contributed by atoms with Crippen LogP contribution in [-0.2, 0) is 0 Å². The average molecular weight is 88.2 g/mol. The first-order chi connectivity index (χ1) is 2.27. The maximum Gasteiger partial charge on any atom is 0.0902 e. The molecular weight excluding hydrogens is 76.1 g/mol. The van der Waals surface area contributed by atoms with Crippen LogP contribution in [0.1, 0.15) is 20.8 Å². The second-order valence-electron chi connectivity index (χ2n) is 0.879. The molecule has 0 aromatic carbocycles. The quantitative estimate of drug-likeness (QED) is 0.364. The third kappa shape index (κ3) is 9.80. The molecule has 0 aromatic rings. The van der Waals surface area contributed by atoms with Gasteiger partial charge in [-0.05, 0) is 0 Å². The van der Waals surface area contributed by atoms with Gasteiger partial charge >= 0.3 is 0 Å². The van der Waals surface area contributed by atoms with Crippen molar-refractivity contribution >= 4 is 5.84 Å². The van der Waals surface area contributed by atoms with Gasteiger partial charge in [-0.1, -0.05) is 14.4 Å². The van der Waals surface area contributed by atoms with E-state index in [1.807, 2.05) is 6.92 Å². The van der Waals surface area contributed by atoms with Crippen LogP contribution < -0.4 is 5.73 Å². The Labute approximate surface area is 38.9 Å². The largest absolute Gasteiger partial charge is 0.388 e. The van der Waals surface area contributed by atoms with Crippen LogP contribution in [0.3, 0.4) is 0 Å². The molecule has 0 radical (unpaired) electrons. The van der Waals surface area contributed by atoms with Gasteiger partial charge in [-0.15, -0.1) is 0 Å². The van der Waals surface area contributed by atoms with Gasteiger partial charge < -0.3 is 5.73 Å². The number of hydrogen-bond acceptors (Lipinski definition) is 1. The molecule has 0 aliphatic heterocycles. The Morgan fingerprint density at radius 2 is 2.00 bits per heavy atom. The number of hydrogen-bond donors (Lipinski definition) is 2. The lowest BCUT2D eigenvalue weighted by atomic mass is 10.5. The Hall–Kier alpha value is -0.530. The van der Waals surface area contributed by atoms with Crippen molar-refractivity contribution in [2.75, 3.05) is 0 Å². The topological polar surface area (TPSA) is 49.9 Å². The number of rotatable bonds is 1. The van der Waals surface area contributed by atoms with Crippen molar-refractivity contribution in [1.82, 2.24) is 0 Å². The second-order valence-corrected chi connectivity index (χ2v) is 0.879. The van der Waals surface area contributed by atoms with E-state index in [-0.39, 0.29) is 13.3 Å². The van der Waals surface area contributed by atoms with Crippen LogP contribution in [0, 0.1) is 5.41 Å². The molecule has 0 aliphatic rings. The van der Waals surface area contributed by atoms with Crippen LogP contribution in [0.2, 0.25) is 0 Å². The lowest BCUT2D eigenvalue weighted by Gasteiger charge is -1.79. The molecule has 0 aromatic heterocycles. The standard InChI is InChI=1S/C3H8N2.CH4/c1-2-3(4)5;/h2H2,1H3,(H3,4,5);1H4. The van der Waals surface area contributed by atoms with Gasteiger partial charge in [0.25, 0.3) is 0 Å². The van der Waals surface area contributed by atoms with Gasteiger partial charge in [-0.2, -0.15) is 0 Å². The Kier molecular flexibility index (Phi) is 6.76. The van der Waals surface area contributed by atoms with Crippen LogP contribution in [0.25, 0.3) is 0 Å². The summed E-state index contributed by atoms with van der Waals surface area (Å²) in [6.45, 7) is 1.85. The highest BCUT2D eigenvalue weighted by atomic mass is 14.7. The summed E-state index contributed by atoms with van der Waals surface area (Å²) in [5.41, 5.74) is 4.88. The molecule has 0 unspecified atom stereocenters. The van der Waals surface area contributed by atoms with Gasteiger partial charge in [0.15, 0.2) is 0 Å². The summed E-state index contributed by atoms with van der Waals surface area (Å²) in [6, 6.07) is 0. The van der Waals surface area contributed by atoms with Gasteiger partial charge in [0.2, 0.25) is 0 Å².